The summed E-state index contributed by atoms with van der Waals surface area (Å²) in [5.74, 6) is 1.52. The van der Waals surface area contributed by atoms with Crippen LogP contribution in [0.2, 0.25) is 0 Å². The van der Waals surface area contributed by atoms with Crippen molar-refractivity contribution < 1.29 is 9.47 Å². The third-order valence-electron chi connectivity index (χ3n) is 1.78. The molecule has 0 heterocycles. The first-order chi connectivity index (χ1) is 6.72. The lowest BCUT2D eigenvalue weighted by Gasteiger charge is -2.11. The fourth-order valence-corrected chi connectivity index (χ4v) is 0.973. The zero-order valence-electron chi connectivity index (χ0n) is 8.91. The van der Waals surface area contributed by atoms with E-state index in [0.717, 1.165) is 18.0 Å². The molecule has 1 radical (unpaired) electrons. The highest BCUT2D eigenvalue weighted by Crippen LogP contribution is 2.17. The highest BCUT2D eigenvalue weighted by molar-refractivity contribution is 5.31. The Morgan fingerprint density at radius 3 is 2.86 bits per heavy atom. The van der Waals surface area contributed by atoms with Gasteiger partial charge in [-0.1, -0.05) is 0 Å². The molecule has 1 rings (SSSR count). The van der Waals surface area contributed by atoms with Crippen molar-refractivity contribution in [3.8, 4) is 11.5 Å². The molecule has 0 spiro atoms. The Balaban J connectivity index is 2.42. The van der Waals surface area contributed by atoms with Crippen molar-refractivity contribution in [3.63, 3.8) is 0 Å². The van der Waals surface area contributed by atoms with Gasteiger partial charge in [-0.15, -0.1) is 0 Å². The van der Waals surface area contributed by atoms with E-state index in [0.29, 0.717) is 6.61 Å². The van der Waals surface area contributed by atoms with Gasteiger partial charge in [0.05, 0.1) is 7.11 Å². The first-order valence-corrected chi connectivity index (χ1v) is 4.55. The molecule has 1 aromatic carbocycles. The van der Waals surface area contributed by atoms with Gasteiger partial charge in [0.25, 0.3) is 0 Å². The second kappa shape index (κ2) is 5.50. The summed E-state index contributed by atoms with van der Waals surface area (Å²) in [7, 11) is 5.66. The largest absolute Gasteiger partial charge is 0.497 e. The topological polar surface area (TPSA) is 21.7 Å². The molecule has 0 bridgehead atoms. The van der Waals surface area contributed by atoms with Crippen LogP contribution in [0.25, 0.3) is 0 Å². The van der Waals surface area contributed by atoms with E-state index in [-0.39, 0.29) is 0 Å². The fourth-order valence-electron chi connectivity index (χ4n) is 0.973. The van der Waals surface area contributed by atoms with Crippen LogP contribution in [0.5, 0.6) is 11.5 Å². The van der Waals surface area contributed by atoms with Crippen molar-refractivity contribution >= 4 is 0 Å². The summed E-state index contributed by atoms with van der Waals surface area (Å²) in [5, 5.41) is 0. The number of likely N-dealkylation sites (N-methyl/N-ethyl adjacent to an activating group) is 1. The third-order valence-corrected chi connectivity index (χ3v) is 1.78. The van der Waals surface area contributed by atoms with E-state index in [4.69, 9.17) is 9.47 Å². The molecule has 0 aliphatic heterocycles. The standard InChI is InChI=1S/C11H16NO2/c1-12(2)7-8-14-11-6-4-5-10(9-11)13-3/h4-5,9H,7-8H2,1-3H3. The van der Waals surface area contributed by atoms with Crippen LogP contribution < -0.4 is 9.47 Å². The average molecular weight is 194 g/mol. The van der Waals surface area contributed by atoms with Crippen LogP contribution in [0.15, 0.2) is 18.2 Å². The summed E-state index contributed by atoms with van der Waals surface area (Å²) in [4.78, 5) is 2.07. The van der Waals surface area contributed by atoms with E-state index in [1.807, 2.05) is 26.2 Å². The van der Waals surface area contributed by atoms with Gasteiger partial charge in [0.15, 0.2) is 0 Å². The van der Waals surface area contributed by atoms with Crippen LogP contribution in [0.3, 0.4) is 0 Å². The number of hydrogen-bond donors (Lipinski definition) is 0. The van der Waals surface area contributed by atoms with Crippen molar-refractivity contribution in [2.24, 2.45) is 0 Å². The molecular formula is C11H16NO2. The minimum absolute atomic E-state index is 0.663. The van der Waals surface area contributed by atoms with E-state index < -0.39 is 0 Å². The van der Waals surface area contributed by atoms with Crippen LogP contribution in [0.1, 0.15) is 0 Å². The molecular weight excluding hydrogens is 178 g/mol. The van der Waals surface area contributed by atoms with Gasteiger partial charge in [0.1, 0.15) is 18.1 Å². The van der Waals surface area contributed by atoms with Gasteiger partial charge in [-0.3, -0.25) is 0 Å². The Hall–Kier alpha value is -1.22. The van der Waals surface area contributed by atoms with E-state index in [1.54, 1.807) is 13.2 Å². The number of nitrogens with zero attached hydrogens (tertiary/aromatic N) is 1. The predicted octanol–water partition coefficient (Wildman–Crippen LogP) is 1.44. The molecule has 0 aliphatic carbocycles. The Bertz CT molecular complexity index is 274. The van der Waals surface area contributed by atoms with Gasteiger partial charge in [-0.2, -0.15) is 0 Å². The number of benzene rings is 1. The molecule has 0 atom stereocenters. The summed E-state index contributed by atoms with van der Waals surface area (Å²) < 4.78 is 10.6. The van der Waals surface area contributed by atoms with Gasteiger partial charge >= 0.3 is 0 Å². The highest BCUT2D eigenvalue weighted by atomic mass is 16.5. The van der Waals surface area contributed by atoms with E-state index in [2.05, 4.69) is 11.0 Å². The Labute approximate surface area is 85.2 Å². The summed E-state index contributed by atoms with van der Waals surface area (Å²) >= 11 is 0. The monoisotopic (exact) mass is 194 g/mol. The molecule has 3 nitrogen and oxygen atoms in total. The molecule has 14 heavy (non-hydrogen) atoms. The van der Waals surface area contributed by atoms with E-state index in [9.17, 15) is 0 Å². The number of rotatable bonds is 5. The molecule has 77 valence electrons. The van der Waals surface area contributed by atoms with Crippen LogP contribution >= 0.6 is 0 Å². The predicted molar refractivity (Wildman–Crippen MR) is 55.9 cm³/mol. The summed E-state index contributed by atoms with van der Waals surface area (Å²) in [6.07, 6.45) is 0. The Kier molecular flexibility index (Phi) is 4.26. The maximum Gasteiger partial charge on any atom is 0.131 e. The summed E-state index contributed by atoms with van der Waals surface area (Å²) in [6.45, 7) is 1.56. The Morgan fingerprint density at radius 2 is 2.21 bits per heavy atom. The highest BCUT2D eigenvalue weighted by Gasteiger charge is 1.97. The smallest absolute Gasteiger partial charge is 0.131 e. The minimum Gasteiger partial charge on any atom is -0.497 e. The Morgan fingerprint density at radius 1 is 1.43 bits per heavy atom. The second-order valence-corrected chi connectivity index (χ2v) is 3.24. The first kappa shape index (κ1) is 10.9. The van der Waals surface area contributed by atoms with Crippen molar-refractivity contribution in [1.29, 1.82) is 0 Å². The van der Waals surface area contributed by atoms with Crippen molar-refractivity contribution in [1.82, 2.24) is 4.90 Å². The number of ether oxygens (including phenoxy) is 2. The summed E-state index contributed by atoms with van der Waals surface area (Å²) in [5.41, 5.74) is 0. The van der Waals surface area contributed by atoms with Crippen molar-refractivity contribution in [3.05, 3.63) is 24.3 Å². The molecule has 0 saturated carbocycles. The molecule has 0 fully saturated rings. The molecule has 1 aromatic rings. The van der Waals surface area contributed by atoms with Crippen LogP contribution in [0, 0.1) is 6.07 Å². The lowest BCUT2D eigenvalue weighted by Crippen LogP contribution is -2.19. The van der Waals surface area contributed by atoms with Crippen molar-refractivity contribution in [2.45, 2.75) is 0 Å². The van der Waals surface area contributed by atoms with Crippen LogP contribution in [-0.2, 0) is 0 Å². The van der Waals surface area contributed by atoms with Crippen molar-refractivity contribution in [2.75, 3.05) is 34.4 Å². The zero-order chi connectivity index (χ0) is 10.4. The molecule has 0 aliphatic rings. The fraction of sp³-hybridized carbons (Fsp3) is 0.455. The zero-order valence-corrected chi connectivity index (χ0v) is 8.91. The van der Waals surface area contributed by atoms with Gasteiger partial charge in [-0.25, -0.2) is 0 Å². The van der Waals surface area contributed by atoms with E-state index >= 15 is 0 Å². The molecule has 3 heteroatoms. The minimum atomic E-state index is 0.663. The van der Waals surface area contributed by atoms with Gasteiger partial charge in [0.2, 0.25) is 0 Å². The molecule has 0 unspecified atom stereocenters. The van der Waals surface area contributed by atoms with Crippen LogP contribution in [0.4, 0.5) is 0 Å². The molecule has 0 aromatic heterocycles. The normalized spacial score (nSPS) is 10.3. The average Bonchev–Trinajstić information content (AvgIpc) is 2.18. The quantitative estimate of drug-likeness (QED) is 0.708. The lowest BCUT2D eigenvalue weighted by molar-refractivity contribution is 0.260. The number of methoxy groups -OCH3 is 1. The summed E-state index contributed by atoms with van der Waals surface area (Å²) in [6, 6.07) is 8.47. The third kappa shape index (κ3) is 3.66. The number of hydrogen-bond acceptors (Lipinski definition) is 3. The van der Waals surface area contributed by atoms with Gasteiger partial charge < -0.3 is 14.4 Å². The maximum absolute atomic E-state index is 5.48. The van der Waals surface area contributed by atoms with Gasteiger partial charge in [0, 0.05) is 18.7 Å². The SMILES string of the molecule is COc1cc[c]c(OCCN(C)C)c1. The molecule has 0 amide bonds. The van der Waals surface area contributed by atoms with Crippen LogP contribution in [-0.4, -0.2) is 39.3 Å². The van der Waals surface area contributed by atoms with E-state index in [1.165, 1.54) is 0 Å². The second-order valence-electron chi connectivity index (χ2n) is 3.24. The lowest BCUT2D eigenvalue weighted by atomic mass is 10.3. The molecule has 0 saturated heterocycles. The van der Waals surface area contributed by atoms with Gasteiger partial charge in [-0.05, 0) is 26.2 Å². The molecule has 0 N–H and O–H groups in total. The first-order valence-electron chi connectivity index (χ1n) is 4.55. The maximum atomic E-state index is 5.48.